The number of nitrogens with one attached hydrogen (secondary N) is 1. The van der Waals surface area contributed by atoms with E-state index in [1.807, 2.05) is 23.9 Å². The molecule has 1 N–H and O–H groups in total. The molecule has 0 radical (unpaired) electrons. The third-order valence-electron chi connectivity index (χ3n) is 2.38. The molecule has 0 unspecified atom stereocenters. The van der Waals surface area contributed by atoms with Gasteiger partial charge in [-0.2, -0.15) is 11.8 Å². The monoisotopic (exact) mass is 305 g/mol. The minimum absolute atomic E-state index is 0.807. The first kappa shape index (κ1) is 14.1. The fourth-order valence-electron chi connectivity index (χ4n) is 1.51. The summed E-state index contributed by atoms with van der Waals surface area (Å²) in [4.78, 5) is 0. The molecule has 0 aliphatic heterocycles. The van der Waals surface area contributed by atoms with Gasteiger partial charge in [0.15, 0.2) is 4.67 Å². The fourth-order valence-corrected chi connectivity index (χ4v) is 2.34. The number of halogens is 1. The standard InChI is InChI=1S/C12H20BrNOS/c1-16-9-5-3-2-4-8-14-10-11-6-7-12(13)15-11/h6-7,14H,2-5,8-10H2,1H3. The van der Waals surface area contributed by atoms with E-state index in [9.17, 15) is 0 Å². The molecule has 1 aromatic heterocycles. The van der Waals surface area contributed by atoms with Crippen LogP contribution in [-0.2, 0) is 6.54 Å². The Kier molecular flexibility index (Phi) is 8.07. The molecule has 0 spiro atoms. The minimum atomic E-state index is 0.807. The molecule has 0 aromatic carbocycles. The maximum absolute atomic E-state index is 5.39. The molecule has 1 aromatic rings. The summed E-state index contributed by atoms with van der Waals surface area (Å²) in [6, 6.07) is 3.93. The second-order valence-corrected chi connectivity index (χ2v) is 5.56. The van der Waals surface area contributed by atoms with Crippen LogP contribution in [0.5, 0.6) is 0 Å². The molecule has 0 amide bonds. The summed E-state index contributed by atoms with van der Waals surface area (Å²) < 4.78 is 6.20. The SMILES string of the molecule is CSCCCCCCNCc1ccc(Br)o1. The van der Waals surface area contributed by atoms with Crippen molar-refractivity contribution in [3.05, 3.63) is 22.6 Å². The molecule has 0 atom stereocenters. The van der Waals surface area contributed by atoms with Gasteiger partial charge in [-0.15, -0.1) is 0 Å². The second kappa shape index (κ2) is 9.14. The van der Waals surface area contributed by atoms with E-state index in [4.69, 9.17) is 4.42 Å². The zero-order valence-electron chi connectivity index (χ0n) is 9.80. The van der Waals surface area contributed by atoms with E-state index < -0.39 is 0 Å². The quantitative estimate of drug-likeness (QED) is 0.697. The summed E-state index contributed by atoms with van der Waals surface area (Å²) in [5, 5.41) is 3.39. The zero-order valence-corrected chi connectivity index (χ0v) is 12.2. The first-order valence-corrected chi connectivity index (χ1v) is 7.95. The summed E-state index contributed by atoms with van der Waals surface area (Å²) in [7, 11) is 0. The van der Waals surface area contributed by atoms with E-state index in [1.54, 1.807) is 0 Å². The Bertz CT molecular complexity index is 278. The van der Waals surface area contributed by atoms with Gasteiger partial charge in [0.25, 0.3) is 0 Å². The van der Waals surface area contributed by atoms with Crippen molar-refractivity contribution >= 4 is 27.7 Å². The second-order valence-electron chi connectivity index (χ2n) is 3.79. The van der Waals surface area contributed by atoms with E-state index >= 15 is 0 Å². The lowest BCUT2D eigenvalue weighted by molar-refractivity contribution is 0.461. The van der Waals surface area contributed by atoms with Gasteiger partial charge in [-0.05, 0) is 59.5 Å². The molecule has 92 valence electrons. The highest BCUT2D eigenvalue weighted by Gasteiger charge is 1.97. The summed E-state index contributed by atoms with van der Waals surface area (Å²) in [5.74, 6) is 2.29. The van der Waals surface area contributed by atoms with Crippen molar-refractivity contribution in [2.45, 2.75) is 32.2 Å². The highest BCUT2D eigenvalue weighted by Crippen LogP contribution is 2.13. The highest BCUT2D eigenvalue weighted by atomic mass is 79.9. The van der Waals surface area contributed by atoms with Gasteiger partial charge in [0, 0.05) is 0 Å². The lowest BCUT2D eigenvalue weighted by Crippen LogP contribution is -2.14. The number of unbranched alkanes of at least 4 members (excludes halogenated alkanes) is 3. The fraction of sp³-hybridized carbons (Fsp3) is 0.667. The molecule has 0 aliphatic carbocycles. The Morgan fingerprint density at radius 3 is 2.75 bits per heavy atom. The van der Waals surface area contributed by atoms with Gasteiger partial charge in [0.2, 0.25) is 0 Å². The molecule has 0 fully saturated rings. The van der Waals surface area contributed by atoms with Crippen LogP contribution in [0.2, 0.25) is 0 Å². The lowest BCUT2D eigenvalue weighted by atomic mass is 10.2. The van der Waals surface area contributed by atoms with Gasteiger partial charge in [0.05, 0.1) is 6.54 Å². The number of hydrogen-bond acceptors (Lipinski definition) is 3. The smallest absolute Gasteiger partial charge is 0.169 e. The summed E-state index contributed by atoms with van der Waals surface area (Å²) in [6.07, 6.45) is 7.47. The van der Waals surface area contributed by atoms with Gasteiger partial charge in [-0.1, -0.05) is 12.8 Å². The molecule has 4 heteroatoms. The number of rotatable bonds is 9. The summed E-state index contributed by atoms with van der Waals surface area (Å²) >= 11 is 5.23. The Balaban J connectivity index is 1.88. The maximum Gasteiger partial charge on any atom is 0.169 e. The highest BCUT2D eigenvalue weighted by molar-refractivity contribution is 9.10. The van der Waals surface area contributed by atoms with Gasteiger partial charge < -0.3 is 9.73 Å². The molecule has 0 saturated heterocycles. The Morgan fingerprint density at radius 2 is 2.06 bits per heavy atom. The van der Waals surface area contributed by atoms with Crippen LogP contribution in [0.1, 0.15) is 31.4 Å². The third-order valence-corrected chi connectivity index (χ3v) is 3.50. The molecular formula is C12H20BrNOS. The first-order valence-electron chi connectivity index (χ1n) is 5.77. The minimum Gasteiger partial charge on any atom is -0.453 e. The summed E-state index contributed by atoms with van der Waals surface area (Å²) in [6.45, 7) is 1.91. The Morgan fingerprint density at radius 1 is 1.25 bits per heavy atom. The first-order chi connectivity index (χ1) is 7.83. The van der Waals surface area contributed by atoms with Crippen molar-refractivity contribution < 1.29 is 4.42 Å². The van der Waals surface area contributed by atoms with Crippen LogP contribution in [0, 0.1) is 0 Å². The van der Waals surface area contributed by atoms with Crippen LogP contribution >= 0.6 is 27.7 Å². The van der Waals surface area contributed by atoms with Crippen molar-refractivity contribution in [3.63, 3.8) is 0 Å². The normalized spacial score (nSPS) is 10.9. The molecular weight excluding hydrogens is 286 g/mol. The molecule has 0 aliphatic rings. The zero-order chi connectivity index (χ0) is 11.6. The molecule has 1 heterocycles. The van der Waals surface area contributed by atoms with E-state index in [0.29, 0.717) is 0 Å². The molecule has 2 nitrogen and oxygen atoms in total. The van der Waals surface area contributed by atoms with E-state index in [-0.39, 0.29) is 0 Å². The number of furan rings is 1. The van der Waals surface area contributed by atoms with Gasteiger partial charge in [0.1, 0.15) is 5.76 Å². The van der Waals surface area contributed by atoms with Gasteiger partial charge in [-0.3, -0.25) is 0 Å². The van der Waals surface area contributed by atoms with Crippen molar-refractivity contribution in [1.82, 2.24) is 5.32 Å². The third kappa shape index (κ3) is 6.61. The Labute approximate surface area is 111 Å². The predicted molar refractivity (Wildman–Crippen MR) is 75.0 cm³/mol. The number of hydrogen-bond donors (Lipinski definition) is 1. The number of thioether (sulfide) groups is 1. The molecule has 16 heavy (non-hydrogen) atoms. The van der Waals surface area contributed by atoms with Crippen LogP contribution in [-0.4, -0.2) is 18.6 Å². The van der Waals surface area contributed by atoms with E-state index in [1.165, 1.54) is 31.4 Å². The van der Waals surface area contributed by atoms with E-state index in [2.05, 4.69) is 27.5 Å². The average Bonchev–Trinajstić information content (AvgIpc) is 2.68. The molecule has 1 rings (SSSR count). The molecule has 0 saturated carbocycles. The molecule has 0 bridgehead atoms. The van der Waals surface area contributed by atoms with Crippen LogP contribution in [0.15, 0.2) is 21.2 Å². The van der Waals surface area contributed by atoms with Crippen molar-refractivity contribution in [2.24, 2.45) is 0 Å². The Hall–Kier alpha value is 0.0700. The van der Waals surface area contributed by atoms with Crippen LogP contribution < -0.4 is 5.32 Å². The van der Waals surface area contributed by atoms with Crippen molar-refractivity contribution in [1.29, 1.82) is 0 Å². The topological polar surface area (TPSA) is 25.2 Å². The van der Waals surface area contributed by atoms with E-state index in [0.717, 1.165) is 23.5 Å². The summed E-state index contributed by atoms with van der Waals surface area (Å²) in [5.41, 5.74) is 0. The van der Waals surface area contributed by atoms with Crippen molar-refractivity contribution in [3.8, 4) is 0 Å². The van der Waals surface area contributed by atoms with Crippen LogP contribution in [0.3, 0.4) is 0 Å². The lowest BCUT2D eigenvalue weighted by Gasteiger charge is -2.02. The predicted octanol–water partition coefficient (Wildman–Crippen LogP) is 4.06. The average molecular weight is 306 g/mol. The maximum atomic E-state index is 5.39. The van der Waals surface area contributed by atoms with Crippen LogP contribution in [0.4, 0.5) is 0 Å². The van der Waals surface area contributed by atoms with Crippen LogP contribution in [0.25, 0.3) is 0 Å². The van der Waals surface area contributed by atoms with Crippen molar-refractivity contribution in [2.75, 3.05) is 18.6 Å². The van der Waals surface area contributed by atoms with Gasteiger partial charge in [-0.25, -0.2) is 0 Å². The van der Waals surface area contributed by atoms with Gasteiger partial charge >= 0.3 is 0 Å². The largest absolute Gasteiger partial charge is 0.453 e.